The Kier molecular flexibility index (Phi) is 5.95. The van der Waals surface area contributed by atoms with E-state index in [9.17, 15) is 0 Å². The van der Waals surface area contributed by atoms with E-state index >= 15 is 0 Å². The number of anilines is 2. The predicted molar refractivity (Wildman–Crippen MR) is 113 cm³/mol. The summed E-state index contributed by atoms with van der Waals surface area (Å²) in [6.45, 7) is 2.76. The van der Waals surface area contributed by atoms with Crippen LogP contribution < -0.4 is 20.3 Å². The van der Waals surface area contributed by atoms with Gasteiger partial charge >= 0.3 is 0 Å². The van der Waals surface area contributed by atoms with Crippen molar-refractivity contribution >= 4 is 11.8 Å². The lowest BCUT2D eigenvalue weighted by molar-refractivity contribution is 0.414. The van der Waals surface area contributed by atoms with Crippen molar-refractivity contribution in [2.45, 2.75) is 50.6 Å². The van der Waals surface area contributed by atoms with Gasteiger partial charge in [0.15, 0.2) is 0 Å². The summed E-state index contributed by atoms with van der Waals surface area (Å²) in [7, 11) is 3.73. The average Bonchev–Trinajstić information content (AvgIpc) is 3.44. The van der Waals surface area contributed by atoms with Gasteiger partial charge in [-0.1, -0.05) is 25.0 Å². The molecule has 2 heterocycles. The summed E-state index contributed by atoms with van der Waals surface area (Å²) in [6, 6.07) is 10.9. The van der Waals surface area contributed by atoms with Gasteiger partial charge in [-0.25, -0.2) is 4.98 Å². The number of methoxy groups -OCH3 is 1. The number of ether oxygens (including phenoxy) is 1. The average molecular weight is 382 g/mol. The van der Waals surface area contributed by atoms with Crippen molar-refractivity contribution < 1.29 is 4.74 Å². The molecule has 4 rings (SSSR count). The monoisotopic (exact) mass is 381 g/mol. The van der Waals surface area contributed by atoms with Crippen LogP contribution in [0.15, 0.2) is 30.3 Å². The van der Waals surface area contributed by atoms with Crippen molar-refractivity contribution in [2.75, 3.05) is 37.5 Å². The second kappa shape index (κ2) is 8.78. The maximum Gasteiger partial charge on any atom is 0.225 e. The third-order valence-electron chi connectivity index (χ3n) is 6.04. The molecule has 0 spiro atoms. The fourth-order valence-electron chi connectivity index (χ4n) is 4.25. The van der Waals surface area contributed by atoms with E-state index in [2.05, 4.69) is 33.7 Å². The molecule has 0 bridgehead atoms. The first kappa shape index (κ1) is 19.0. The number of hydrogen-bond acceptors (Lipinski definition) is 6. The zero-order chi connectivity index (χ0) is 19.3. The molecule has 2 fully saturated rings. The van der Waals surface area contributed by atoms with Gasteiger partial charge in [0, 0.05) is 37.7 Å². The molecule has 1 saturated carbocycles. The summed E-state index contributed by atoms with van der Waals surface area (Å²) >= 11 is 0. The minimum Gasteiger partial charge on any atom is -0.497 e. The van der Waals surface area contributed by atoms with Crippen LogP contribution in [-0.2, 0) is 6.54 Å². The van der Waals surface area contributed by atoms with Gasteiger partial charge in [0.2, 0.25) is 5.95 Å². The lowest BCUT2D eigenvalue weighted by atomic mass is 10.0. The zero-order valence-corrected chi connectivity index (χ0v) is 16.9. The second-order valence-electron chi connectivity index (χ2n) is 7.88. The van der Waals surface area contributed by atoms with Crippen LogP contribution in [0.25, 0.3) is 0 Å². The lowest BCUT2D eigenvalue weighted by Crippen LogP contribution is -2.30. The number of nitrogens with zero attached hydrogens (tertiary/aromatic N) is 3. The Morgan fingerprint density at radius 2 is 1.89 bits per heavy atom. The van der Waals surface area contributed by atoms with Crippen molar-refractivity contribution in [3.05, 3.63) is 41.6 Å². The van der Waals surface area contributed by atoms with Crippen LogP contribution in [-0.4, -0.2) is 43.3 Å². The van der Waals surface area contributed by atoms with E-state index in [0.717, 1.165) is 37.0 Å². The molecule has 1 aliphatic heterocycles. The van der Waals surface area contributed by atoms with Gasteiger partial charge in [0.1, 0.15) is 11.6 Å². The molecule has 1 aliphatic carbocycles. The SMILES string of the molecule is CNC1CCN(c2cc(C3CCCC3)nc(NCc3ccc(OC)cc3)n2)C1. The van der Waals surface area contributed by atoms with E-state index in [0.29, 0.717) is 18.5 Å². The van der Waals surface area contributed by atoms with Gasteiger partial charge in [0.05, 0.1) is 12.8 Å². The van der Waals surface area contributed by atoms with Crippen molar-refractivity contribution in [2.24, 2.45) is 0 Å². The van der Waals surface area contributed by atoms with Gasteiger partial charge in [-0.05, 0) is 44.0 Å². The first-order chi connectivity index (χ1) is 13.7. The smallest absolute Gasteiger partial charge is 0.225 e. The Labute approximate surface area is 167 Å². The van der Waals surface area contributed by atoms with Crippen LogP contribution in [0.3, 0.4) is 0 Å². The van der Waals surface area contributed by atoms with E-state index in [1.54, 1.807) is 7.11 Å². The van der Waals surface area contributed by atoms with E-state index in [4.69, 9.17) is 14.7 Å². The Morgan fingerprint density at radius 1 is 1.11 bits per heavy atom. The molecule has 2 N–H and O–H groups in total. The fourth-order valence-corrected chi connectivity index (χ4v) is 4.25. The van der Waals surface area contributed by atoms with Gasteiger partial charge < -0.3 is 20.3 Å². The fraction of sp³-hybridized carbons (Fsp3) is 0.545. The molecule has 1 saturated heterocycles. The van der Waals surface area contributed by atoms with Gasteiger partial charge in [-0.3, -0.25) is 0 Å². The third kappa shape index (κ3) is 4.38. The highest BCUT2D eigenvalue weighted by atomic mass is 16.5. The summed E-state index contributed by atoms with van der Waals surface area (Å²) in [5, 5.41) is 6.84. The minimum absolute atomic E-state index is 0.542. The Bertz CT molecular complexity index is 773. The highest BCUT2D eigenvalue weighted by Crippen LogP contribution is 2.35. The number of aromatic nitrogens is 2. The largest absolute Gasteiger partial charge is 0.497 e. The molecular formula is C22H31N5O. The number of likely N-dealkylation sites (N-methyl/N-ethyl adjacent to an activating group) is 1. The maximum atomic E-state index is 5.24. The summed E-state index contributed by atoms with van der Waals surface area (Å²) in [5.74, 6) is 3.25. The van der Waals surface area contributed by atoms with E-state index in [-0.39, 0.29) is 0 Å². The van der Waals surface area contributed by atoms with E-state index < -0.39 is 0 Å². The molecule has 6 heteroatoms. The molecule has 28 heavy (non-hydrogen) atoms. The molecule has 0 radical (unpaired) electrons. The van der Waals surface area contributed by atoms with Crippen LogP contribution in [0.2, 0.25) is 0 Å². The third-order valence-corrected chi connectivity index (χ3v) is 6.04. The van der Waals surface area contributed by atoms with E-state index in [1.165, 1.54) is 36.9 Å². The molecule has 1 atom stereocenters. The topological polar surface area (TPSA) is 62.3 Å². The van der Waals surface area contributed by atoms with Crippen LogP contribution in [0.4, 0.5) is 11.8 Å². The Morgan fingerprint density at radius 3 is 2.57 bits per heavy atom. The standard InChI is InChI=1S/C22H31N5O/c1-23-18-11-12-27(15-18)21-13-20(17-5-3-4-6-17)25-22(26-21)24-14-16-7-9-19(28-2)10-8-16/h7-10,13,17-18,23H,3-6,11-12,14-15H2,1-2H3,(H,24,25,26). The predicted octanol–water partition coefficient (Wildman–Crippen LogP) is 3.55. The summed E-state index contributed by atoms with van der Waals surface area (Å²) in [4.78, 5) is 12.1. The quantitative estimate of drug-likeness (QED) is 0.765. The molecule has 150 valence electrons. The van der Waals surface area contributed by atoms with Crippen molar-refractivity contribution in [3.63, 3.8) is 0 Å². The highest BCUT2D eigenvalue weighted by Gasteiger charge is 2.25. The maximum absolute atomic E-state index is 5.24. The van der Waals surface area contributed by atoms with Crippen LogP contribution in [0.5, 0.6) is 5.75 Å². The lowest BCUT2D eigenvalue weighted by Gasteiger charge is -2.20. The first-order valence-electron chi connectivity index (χ1n) is 10.4. The number of rotatable bonds is 7. The molecule has 1 aromatic heterocycles. The normalized spacial score (nSPS) is 19.9. The molecule has 6 nitrogen and oxygen atoms in total. The van der Waals surface area contributed by atoms with Gasteiger partial charge in [-0.15, -0.1) is 0 Å². The number of hydrogen-bond donors (Lipinski definition) is 2. The number of benzene rings is 1. The molecule has 1 aromatic carbocycles. The van der Waals surface area contributed by atoms with Gasteiger partial charge in [-0.2, -0.15) is 4.98 Å². The first-order valence-corrected chi connectivity index (χ1v) is 10.4. The summed E-state index contributed by atoms with van der Waals surface area (Å²) in [6.07, 6.45) is 6.27. The summed E-state index contributed by atoms with van der Waals surface area (Å²) in [5.41, 5.74) is 2.39. The molecular weight excluding hydrogens is 350 g/mol. The van der Waals surface area contributed by atoms with E-state index in [1.807, 2.05) is 19.2 Å². The molecule has 2 aliphatic rings. The zero-order valence-electron chi connectivity index (χ0n) is 16.9. The Balaban J connectivity index is 1.52. The summed E-state index contributed by atoms with van der Waals surface area (Å²) < 4.78 is 5.24. The molecule has 1 unspecified atom stereocenters. The highest BCUT2D eigenvalue weighted by molar-refractivity contribution is 5.47. The molecule has 2 aromatic rings. The van der Waals surface area contributed by atoms with Crippen molar-refractivity contribution in [1.29, 1.82) is 0 Å². The number of nitrogens with one attached hydrogen (secondary N) is 2. The minimum atomic E-state index is 0.542. The van der Waals surface area contributed by atoms with Crippen molar-refractivity contribution in [1.82, 2.24) is 15.3 Å². The van der Waals surface area contributed by atoms with Crippen LogP contribution in [0, 0.1) is 0 Å². The van der Waals surface area contributed by atoms with Crippen LogP contribution in [0.1, 0.15) is 49.3 Å². The van der Waals surface area contributed by atoms with Crippen LogP contribution >= 0.6 is 0 Å². The van der Waals surface area contributed by atoms with Crippen molar-refractivity contribution in [3.8, 4) is 5.75 Å². The second-order valence-corrected chi connectivity index (χ2v) is 7.88. The Hall–Kier alpha value is -2.34. The van der Waals surface area contributed by atoms with Gasteiger partial charge in [0.25, 0.3) is 0 Å². The molecule has 0 amide bonds.